The minimum absolute atomic E-state index is 0.00354. The number of sulfone groups is 1. The lowest BCUT2D eigenvalue weighted by Crippen LogP contribution is -2.38. The van der Waals surface area contributed by atoms with Crippen LogP contribution < -0.4 is 10.0 Å². The van der Waals surface area contributed by atoms with Gasteiger partial charge in [0.1, 0.15) is 0 Å². The Labute approximate surface area is 138 Å². The third-order valence-corrected chi connectivity index (χ3v) is 7.27. The quantitative estimate of drug-likeness (QED) is 0.682. The Morgan fingerprint density at radius 2 is 1.70 bits per heavy atom. The number of hydrogen-bond acceptors (Lipinski definition) is 5. The van der Waals surface area contributed by atoms with Gasteiger partial charge in [-0.25, -0.2) is 21.6 Å². The topological polar surface area (TPSA) is 109 Å². The van der Waals surface area contributed by atoms with E-state index in [0.717, 1.165) is 31.9 Å². The van der Waals surface area contributed by atoms with Gasteiger partial charge in [0.05, 0.1) is 17.8 Å². The summed E-state index contributed by atoms with van der Waals surface area (Å²) in [6, 6.07) is 0. The number of carbonyl (C=O) groups is 1. The molecule has 1 atom stereocenters. The number of carbonyl (C=O) groups excluding carboxylic acids is 1. The van der Waals surface area contributed by atoms with Gasteiger partial charge >= 0.3 is 0 Å². The maximum atomic E-state index is 12.2. The normalized spacial score (nSPS) is 30.9. The standard InChI is InChI=1S/C14H26N2O5S2/c1-22(18,19)16-9-11-2-4-13(5-3-11)14(17)15-8-12-6-7-23(20,21)10-12/h11-13,16H,2-10H2,1H3,(H,15,17)/t11?,12-,13?/m1/s1. The molecule has 2 aliphatic rings. The van der Waals surface area contributed by atoms with Gasteiger partial charge in [-0.3, -0.25) is 4.79 Å². The summed E-state index contributed by atoms with van der Waals surface area (Å²) in [5.74, 6) is 0.697. The van der Waals surface area contributed by atoms with Gasteiger partial charge in [-0.2, -0.15) is 0 Å². The summed E-state index contributed by atoms with van der Waals surface area (Å²) >= 11 is 0. The van der Waals surface area contributed by atoms with Gasteiger partial charge in [0, 0.05) is 19.0 Å². The summed E-state index contributed by atoms with van der Waals surface area (Å²) in [5.41, 5.74) is 0. The van der Waals surface area contributed by atoms with E-state index in [2.05, 4.69) is 10.0 Å². The van der Waals surface area contributed by atoms with Gasteiger partial charge in [-0.05, 0) is 43.9 Å². The zero-order valence-electron chi connectivity index (χ0n) is 13.5. The van der Waals surface area contributed by atoms with E-state index in [9.17, 15) is 21.6 Å². The van der Waals surface area contributed by atoms with Crippen LogP contribution in [-0.2, 0) is 24.7 Å². The number of nitrogens with one attached hydrogen (secondary N) is 2. The van der Waals surface area contributed by atoms with Gasteiger partial charge in [0.25, 0.3) is 0 Å². The number of sulfonamides is 1. The predicted octanol–water partition coefficient (Wildman–Crippen LogP) is -0.107. The van der Waals surface area contributed by atoms with Gasteiger partial charge in [-0.15, -0.1) is 0 Å². The van der Waals surface area contributed by atoms with Gasteiger partial charge in [0.2, 0.25) is 15.9 Å². The van der Waals surface area contributed by atoms with Crippen molar-refractivity contribution in [2.75, 3.05) is 30.9 Å². The molecular formula is C14H26N2O5S2. The van der Waals surface area contributed by atoms with E-state index in [-0.39, 0.29) is 35.2 Å². The van der Waals surface area contributed by atoms with Crippen LogP contribution in [0.4, 0.5) is 0 Å². The molecule has 1 heterocycles. The summed E-state index contributed by atoms with van der Waals surface area (Å²) in [4.78, 5) is 12.2. The lowest BCUT2D eigenvalue weighted by atomic mass is 9.81. The van der Waals surface area contributed by atoms with Crippen LogP contribution in [0, 0.1) is 17.8 Å². The molecule has 1 aliphatic heterocycles. The monoisotopic (exact) mass is 366 g/mol. The molecule has 0 aromatic heterocycles. The molecule has 0 unspecified atom stereocenters. The van der Waals surface area contributed by atoms with E-state index in [4.69, 9.17) is 0 Å². The lowest BCUT2D eigenvalue weighted by molar-refractivity contribution is -0.126. The first kappa shape index (κ1) is 18.7. The van der Waals surface area contributed by atoms with Crippen molar-refractivity contribution in [2.45, 2.75) is 32.1 Å². The summed E-state index contributed by atoms with van der Waals surface area (Å²) < 4.78 is 47.5. The summed E-state index contributed by atoms with van der Waals surface area (Å²) in [5, 5.41) is 2.89. The molecule has 0 aromatic rings. The van der Waals surface area contributed by atoms with Crippen LogP contribution in [0.25, 0.3) is 0 Å². The van der Waals surface area contributed by atoms with Crippen LogP contribution in [0.15, 0.2) is 0 Å². The summed E-state index contributed by atoms with van der Waals surface area (Å²) in [7, 11) is -6.06. The molecule has 134 valence electrons. The van der Waals surface area contributed by atoms with Crippen LogP contribution in [-0.4, -0.2) is 53.6 Å². The van der Waals surface area contributed by atoms with E-state index >= 15 is 0 Å². The highest BCUT2D eigenvalue weighted by atomic mass is 32.2. The van der Waals surface area contributed by atoms with Crippen molar-refractivity contribution in [2.24, 2.45) is 17.8 Å². The molecule has 0 bridgehead atoms. The number of rotatable bonds is 6. The molecule has 9 heteroatoms. The SMILES string of the molecule is CS(=O)(=O)NCC1CCC(C(=O)NC[C@H]2CCS(=O)(=O)C2)CC1. The predicted molar refractivity (Wildman–Crippen MR) is 88.1 cm³/mol. The molecule has 7 nitrogen and oxygen atoms in total. The Balaban J connectivity index is 1.67. The van der Waals surface area contributed by atoms with Crippen LogP contribution >= 0.6 is 0 Å². The Bertz CT molecular complexity index is 622. The highest BCUT2D eigenvalue weighted by Gasteiger charge is 2.30. The van der Waals surface area contributed by atoms with E-state index < -0.39 is 19.9 Å². The van der Waals surface area contributed by atoms with Gasteiger partial charge < -0.3 is 5.32 Å². The largest absolute Gasteiger partial charge is 0.356 e. The Morgan fingerprint density at radius 1 is 1.04 bits per heavy atom. The fourth-order valence-electron chi connectivity index (χ4n) is 3.32. The molecule has 2 fully saturated rings. The average molecular weight is 367 g/mol. The second-order valence-electron chi connectivity index (χ2n) is 6.85. The minimum atomic E-state index is -3.16. The van der Waals surface area contributed by atoms with Crippen molar-refractivity contribution in [3.63, 3.8) is 0 Å². The molecule has 1 saturated heterocycles. The summed E-state index contributed by atoms with van der Waals surface area (Å²) in [6.07, 6.45) is 4.95. The number of amides is 1. The molecule has 1 saturated carbocycles. The zero-order valence-corrected chi connectivity index (χ0v) is 15.1. The number of hydrogen-bond donors (Lipinski definition) is 2. The highest BCUT2D eigenvalue weighted by Crippen LogP contribution is 2.28. The molecule has 0 aromatic carbocycles. The Morgan fingerprint density at radius 3 is 2.22 bits per heavy atom. The average Bonchev–Trinajstić information content (AvgIpc) is 2.82. The van der Waals surface area contributed by atoms with Crippen molar-refractivity contribution in [1.82, 2.24) is 10.0 Å². The van der Waals surface area contributed by atoms with Crippen molar-refractivity contribution in [1.29, 1.82) is 0 Å². The van der Waals surface area contributed by atoms with Crippen LogP contribution in [0.2, 0.25) is 0 Å². The van der Waals surface area contributed by atoms with Crippen LogP contribution in [0.5, 0.6) is 0 Å². The van der Waals surface area contributed by atoms with Crippen LogP contribution in [0.1, 0.15) is 32.1 Å². The van der Waals surface area contributed by atoms with Crippen LogP contribution in [0.3, 0.4) is 0 Å². The Hall–Kier alpha value is -0.670. The first-order chi connectivity index (χ1) is 10.6. The van der Waals surface area contributed by atoms with Crippen molar-refractivity contribution >= 4 is 25.8 Å². The van der Waals surface area contributed by atoms with Crippen molar-refractivity contribution in [3.05, 3.63) is 0 Å². The maximum Gasteiger partial charge on any atom is 0.223 e. The van der Waals surface area contributed by atoms with E-state index in [1.807, 2.05) is 0 Å². The second-order valence-corrected chi connectivity index (χ2v) is 10.9. The minimum Gasteiger partial charge on any atom is -0.356 e. The molecule has 0 spiro atoms. The molecule has 23 heavy (non-hydrogen) atoms. The third-order valence-electron chi connectivity index (χ3n) is 4.74. The molecule has 2 N–H and O–H groups in total. The maximum absolute atomic E-state index is 12.2. The smallest absolute Gasteiger partial charge is 0.223 e. The Kier molecular flexibility index (Phi) is 6.07. The third kappa shape index (κ3) is 6.39. The lowest BCUT2D eigenvalue weighted by Gasteiger charge is -2.28. The first-order valence-corrected chi connectivity index (χ1v) is 11.8. The van der Waals surface area contributed by atoms with E-state index in [1.165, 1.54) is 0 Å². The molecular weight excluding hydrogens is 340 g/mol. The fraction of sp³-hybridized carbons (Fsp3) is 0.929. The molecule has 2 rings (SSSR count). The van der Waals surface area contributed by atoms with Crippen molar-refractivity contribution < 1.29 is 21.6 Å². The van der Waals surface area contributed by atoms with Crippen molar-refractivity contribution in [3.8, 4) is 0 Å². The van der Waals surface area contributed by atoms with Gasteiger partial charge in [0.15, 0.2) is 9.84 Å². The van der Waals surface area contributed by atoms with E-state index in [1.54, 1.807) is 0 Å². The molecule has 0 radical (unpaired) electrons. The first-order valence-electron chi connectivity index (χ1n) is 8.07. The second kappa shape index (κ2) is 7.48. The molecule has 1 aliphatic carbocycles. The molecule has 1 amide bonds. The fourth-order valence-corrected chi connectivity index (χ4v) is 5.72. The van der Waals surface area contributed by atoms with E-state index in [0.29, 0.717) is 19.5 Å². The summed E-state index contributed by atoms with van der Waals surface area (Å²) in [6.45, 7) is 0.876. The highest BCUT2D eigenvalue weighted by molar-refractivity contribution is 7.91. The van der Waals surface area contributed by atoms with Gasteiger partial charge in [-0.1, -0.05) is 0 Å². The zero-order chi connectivity index (χ0) is 17.1.